The van der Waals surface area contributed by atoms with Gasteiger partial charge in [-0.2, -0.15) is 0 Å². The first-order valence-corrected chi connectivity index (χ1v) is 9.08. The van der Waals surface area contributed by atoms with Crippen LogP contribution in [0, 0.1) is 0 Å². The molecule has 3 rings (SSSR count). The summed E-state index contributed by atoms with van der Waals surface area (Å²) >= 11 is 0. The quantitative estimate of drug-likeness (QED) is 0.713. The van der Waals surface area contributed by atoms with Crippen LogP contribution in [0.3, 0.4) is 0 Å². The third kappa shape index (κ3) is 4.28. The summed E-state index contributed by atoms with van der Waals surface area (Å²) in [6, 6.07) is 3.57. The first kappa shape index (κ1) is 17.7. The molecule has 1 aromatic heterocycles. The molecular formula is C18H26N4O3. The summed E-state index contributed by atoms with van der Waals surface area (Å²) < 4.78 is 0. The van der Waals surface area contributed by atoms with Crippen LogP contribution in [0.4, 0.5) is 5.82 Å². The molecule has 3 heterocycles. The van der Waals surface area contributed by atoms with Crippen LogP contribution < -0.4 is 10.2 Å². The molecule has 0 bridgehead atoms. The average Bonchev–Trinajstić information content (AvgIpc) is 3.27. The summed E-state index contributed by atoms with van der Waals surface area (Å²) in [5.41, 5.74) is 0.575. The van der Waals surface area contributed by atoms with Gasteiger partial charge >= 0.3 is 0 Å². The normalized spacial score (nSPS) is 20.4. The van der Waals surface area contributed by atoms with Crippen LogP contribution in [0.25, 0.3) is 0 Å². The summed E-state index contributed by atoms with van der Waals surface area (Å²) in [7, 11) is 0. The molecule has 0 saturated carbocycles. The van der Waals surface area contributed by atoms with Gasteiger partial charge in [0, 0.05) is 44.4 Å². The van der Waals surface area contributed by atoms with Crippen LogP contribution in [0.5, 0.6) is 0 Å². The molecular weight excluding hydrogens is 320 g/mol. The van der Waals surface area contributed by atoms with Crippen molar-refractivity contribution in [2.45, 2.75) is 38.1 Å². The molecule has 2 N–H and O–H groups in total. The maximum absolute atomic E-state index is 12.3. The molecule has 0 aliphatic carbocycles. The number of aliphatic hydroxyl groups is 1. The predicted octanol–water partition coefficient (Wildman–Crippen LogP) is 0.785. The molecule has 25 heavy (non-hydrogen) atoms. The number of hydrogen-bond acceptors (Lipinski definition) is 5. The van der Waals surface area contributed by atoms with E-state index in [2.05, 4.69) is 15.2 Å². The van der Waals surface area contributed by atoms with E-state index in [-0.39, 0.29) is 24.5 Å². The highest BCUT2D eigenvalue weighted by Gasteiger charge is 2.25. The SMILES string of the molecule is O=C(NCCCN1CCCC1=O)c1ccnc(N2CCCC2CO)c1. The lowest BCUT2D eigenvalue weighted by Crippen LogP contribution is -2.33. The second-order valence-corrected chi connectivity index (χ2v) is 6.67. The number of rotatable bonds is 7. The highest BCUT2D eigenvalue weighted by atomic mass is 16.3. The summed E-state index contributed by atoms with van der Waals surface area (Å²) in [5.74, 6) is 0.831. The molecule has 1 atom stereocenters. The lowest BCUT2D eigenvalue weighted by atomic mass is 10.2. The number of carbonyl (C=O) groups excluding carboxylic acids is 2. The molecule has 2 saturated heterocycles. The number of hydrogen-bond donors (Lipinski definition) is 2. The molecule has 2 aliphatic rings. The van der Waals surface area contributed by atoms with Gasteiger partial charge in [0.25, 0.3) is 5.91 Å². The van der Waals surface area contributed by atoms with Gasteiger partial charge < -0.3 is 20.2 Å². The summed E-state index contributed by atoms with van der Waals surface area (Å²) in [5, 5.41) is 12.4. The Morgan fingerprint density at radius 2 is 2.24 bits per heavy atom. The highest BCUT2D eigenvalue weighted by Crippen LogP contribution is 2.24. The van der Waals surface area contributed by atoms with Crippen LogP contribution in [0.1, 0.15) is 42.5 Å². The van der Waals surface area contributed by atoms with E-state index in [0.29, 0.717) is 25.1 Å². The molecule has 0 radical (unpaired) electrons. The smallest absolute Gasteiger partial charge is 0.251 e. The fraction of sp³-hybridized carbons (Fsp3) is 0.611. The molecule has 1 aromatic rings. The number of carbonyl (C=O) groups is 2. The van der Waals surface area contributed by atoms with Gasteiger partial charge in [-0.3, -0.25) is 9.59 Å². The average molecular weight is 346 g/mol. The van der Waals surface area contributed by atoms with Gasteiger partial charge in [-0.05, 0) is 37.8 Å². The summed E-state index contributed by atoms with van der Waals surface area (Å²) in [6.07, 6.45) is 5.96. The van der Waals surface area contributed by atoms with Crippen molar-refractivity contribution in [1.29, 1.82) is 0 Å². The van der Waals surface area contributed by atoms with Gasteiger partial charge in [-0.1, -0.05) is 0 Å². The molecule has 7 nitrogen and oxygen atoms in total. The maximum atomic E-state index is 12.3. The number of nitrogens with zero attached hydrogens (tertiary/aromatic N) is 3. The first-order valence-electron chi connectivity index (χ1n) is 9.08. The van der Waals surface area contributed by atoms with E-state index < -0.39 is 0 Å². The van der Waals surface area contributed by atoms with Crippen LogP contribution in [0.15, 0.2) is 18.3 Å². The van der Waals surface area contributed by atoms with Gasteiger partial charge in [-0.25, -0.2) is 4.98 Å². The monoisotopic (exact) mass is 346 g/mol. The zero-order chi connectivity index (χ0) is 17.6. The number of aromatic nitrogens is 1. The summed E-state index contributed by atoms with van der Waals surface area (Å²) in [6.45, 7) is 3.04. The lowest BCUT2D eigenvalue weighted by Gasteiger charge is -2.24. The number of aliphatic hydroxyl groups excluding tert-OH is 1. The van der Waals surface area contributed by atoms with Crippen molar-refractivity contribution < 1.29 is 14.7 Å². The standard InChI is InChI=1S/C18H26N4O3/c23-13-15-4-1-11-22(15)16-12-14(6-8-19-16)18(25)20-7-3-10-21-9-2-5-17(21)24/h6,8,12,15,23H,1-5,7,9-11,13H2,(H,20,25). The number of pyridine rings is 1. The Morgan fingerprint density at radius 1 is 1.36 bits per heavy atom. The highest BCUT2D eigenvalue weighted by molar-refractivity contribution is 5.94. The van der Waals surface area contributed by atoms with Gasteiger partial charge in [0.1, 0.15) is 5.82 Å². The van der Waals surface area contributed by atoms with Crippen LogP contribution in [-0.2, 0) is 4.79 Å². The van der Waals surface area contributed by atoms with E-state index in [4.69, 9.17) is 0 Å². The molecule has 2 aliphatic heterocycles. The largest absolute Gasteiger partial charge is 0.394 e. The molecule has 0 aromatic carbocycles. The van der Waals surface area contributed by atoms with E-state index in [9.17, 15) is 14.7 Å². The van der Waals surface area contributed by atoms with Crippen molar-refractivity contribution >= 4 is 17.6 Å². The molecule has 0 spiro atoms. The van der Waals surface area contributed by atoms with Gasteiger partial charge in [0.15, 0.2) is 0 Å². The van der Waals surface area contributed by atoms with E-state index in [1.807, 2.05) is 4.90 Å². The fourth-order valence-electron chi connectivity index (χ4n) is 3.56. The van der Waals surface area contributed by atoms with Gasteiger partial charge in [0.05, 0.1) is 12.6 Å². The number of nitrogens with one attached hydrogen (secondary N) is 1. The number of amides is 2. The number of anilines is 1. The third-order valence-electron chi connectivity index (χ3n) is 4.95. The minimum atomic E-state index is -0.129. The Bertz CT molecular complexity index is 622. The zero-order valence-corrected chi connectivity index (χ0v) is 14.5. The molecule has 1 unspecified atom stereocenters. The Kier molecular flexibility index (Phi) is 5.86. The van der Waals surface area contributed by atoms with E-state index in [0.717, 1.165) is 44.6 Å². The third-order valence-corrected chi connectivity index (χ3v) is 4.95. The van der Waals surface area contributed by atoms with Crippen molar-refractivity contribution in [2.24, 2.45) is 0 Å². The first-order chi connectivity index (χ1) is 12.2. The predicted molar refractivity (Wildman–Crippen MR) is 94.5 cm³/mol. The van der Waals surface area contributed by atoms with Crippen molar-refractivity contribution in [3.8, 4) is 0 Å². The van der Waals surface area contributed by atoms with Crippen molar-refractivity contribution in [1.82, 2.24) is 15.2 Å². The van der Waals surface area contributed by atoms with Crippen LogP contribution in [0.2, 0.25) is 0 Å². The topological polar surface area (TPSA) is 85.8 Å². The van der Waals surface area contributed by atoms with Gasteiger partial charge in [0.2, 0.25) is 5.91 Å². The minimum Gasteiger partial charge on any atom is -0.394 e. The molecule has 2 fully saturated rings. The second-order valence-electron chi connectivity index (χ2n) is 6.67. The van der Waals surface area contributed by atoms with E-state index in [1.165, 1.54) is 0 Å². The fourth-order valence-corrected chi connectivity index (χ4v) is 3.56. The Morgan fingerprint density at radius 3 is 3.00 bits per heavy atom. The minimum absolute atomic E-state index is 0.0869. The Hall–Kier alpha value is -2.15. The maximum Gasteiger partial charge on any atom is 0.251 e. The molecule has 2 amide bonds. The molecule has 136 valence electrons. The van der Waals surface area contributed by atoms with Crippen molar-refractivity contribution in [3.63, 3.8) is 0 Å². The Labute approximate surface area is 148 Å². The second kappa shape index (κ2) is 8.29. The van der Waals surface area contributed by atoms with Crippen molar-refractivity contribution in [2.75, 3.05) is 37.7 Å². The number of likely N-dealkylation sites (tertiary alicyclic amines) is 1. The van der Waals surface area contributed by atoms with E-state index in [1.54, 1.807) is 18.3 Å². The summed E-state index contributed by atoms with van der Waals surface area (Å²) in [4.78, 5) is 32.2. The van der Waals surface area contributed by atoms with Crippen molar-refractivity contribution in [3.05, 3.63) is 23.9 Å². The van der Waals surface area contributed by atoms with Gasteiger partial charge in [-0.15, -0.1) is 0 Å². The Balaban J connectivity index is 1.50. The molecule has 7 heteroatoms. The van der Waals surface area contributed by atoms with Crippen LogP contribution in [-0.4, -0.2) is 65.6 Å². The van der Waals surface area contributed by atoms with Crippen LogP contribution >= 0.6 is 0 Å². The zero-order valence-electron chi connectivity index (χ0n) is 14.5. The van der Waals surface area contributed by atoms with E-state index >= 15 is 0 Å². The lowest BCUT2D eigenvalue weighted by molar-refractivity contribution is -0.127.